The Morgan fingerprint density at radius 2 is 1.88 bits per heavy atom. The van der Waals surface area contributed by atoms with Gasteiger partial charge >= 0.3 is 0 Å². The third kappa shape index (κ3) is 2.40. The van der Waals surface area contributed by atoms with Crippen LogP contribution in [-0.2, 0) is 0 Å². The van der Waals surface area contributed by atoms with Gasteiger partial charge in [0.25, 0.3) is 0 Å². The van der Waals surface area contributed by atoms with Gasteiger partial charge in [-0.2, -0.15) is 0 Å². The lowest BCUT2D eigenvalue weighted by Crippen LogP contribution is -2.20. The Kier molecular flexibility index (Phi) is 3.54. The second-order valence-corrected chi connectivity index (χ2v) is 3.93. The number of hydrogen-bond acceptors (Lipinski definition) is 2. The van der Waals surface area contributed by atoms with Crippen LogP contribution in [0.15, 0.2) is 42.5 Å². The van der Waals surface area contributed by atoms with Crippen molar-refractivity contribution in [1.29, 1.82) is 0 Å². The van der Waals surface area contributed by atoms with Crippen LogP contribution in [0.1, 0.15) is 18.6 Å². The SMILES string of the molecule is CCNC[C@@H](O)c1ccc2ccccc2c1. The van der Waals surface area contributed by atoms with Gasteiger partial charge in [0.1, 0.15) is 0 Å². The highest BCUT2D eigenvalue weighted by molar-refractivity contribution is 5.83. The first-order valence-corrected chi connectivity index (χ1v) is 5.68. The summed E-state index contributed by atoms with van der Waals surface area (Å²) in [6, 6.07) is 14.3. The van der Waals surface area contributed by atoms with Gasteiger partial charge in [-0.05, 0) is 28.9 Å². The first-order valence-electron chi connectivity index (χ1n) is 5.68. The monoisotopic (exact) mass is 215 g/mol. The number of hydrogen-bond donors (Lipinski definition) is 2. The van der Waals surface area contributed by atoms with Crippen molar-refractivity contribution in [2.45, 2.75) is 13.0 Å². The summed E-state index contributed by atoms with van der Waals surface area (Å²) in [5, 5.41) is 15.5. The lowest BCUT2D eigenvalue weighted by atomic mass is 10.0. The number of rotatable bonds is 4. The molecule has 2 rings (SSSR count). The lowest BCUT2D eigenvalue weighted by molar-refractivity contribution is 0.176. The van der Waals surface area contributed by atoms with Gasteiger partial charge in [-0.3, -0.25) is 0 Å². The van der Waals surface area contributed by atoms with Crippen LogP contribution in [0.3, 0.4) is 0 Å². The zero-order valence-electron chi connectivity index (χ0n) is 9.48. The van der Waals surface area contributed by atoms with Crippen molar-refractivity contribution in [3.63, 3.8) is 0 Å². The normalized spacial score (nSPS) is 12.9. The van der Waals surface area contributed by atoms with E-state index in [2.05, 4.69) is 29.6 Å². The fourth-order valence-electron chi connectivity index (χ4n) is 1.81. The fraction of sp³-hybridized carbons (Fsp3) is 0.286. The summed E-state index contributed by atoms with van der Waals surface area (Å²) in [5.41, 5.74) is 0.972. The van der Waals surface area contributed by atoms with Crippen LogP contribution >= 0.6 is 0 Å². The van der Waals surface area contributed by atoms with Gasteiger partial charge in [0.15, 0.2) is 0 Å². The minimum Gasteiger partial charge on any atom is -0.387 e. The molecule has 2 N–H and O–H groups in total. The molecule has 0 aliphatic carbocycles. The minimum atomic E-state index is -0.426. The standard InChI is InChI=1S/C14H17NO/c1-2-15-10-14(16)13-8-7-11-5-3-4-6-12(11)9-13/h3-9,14-16H,2,10H2,1H3/t14-/m1/s1. The van der Waals surface area contributed by atoms with E-state index in [1.807, 2.05) is 25.1 Å². The lowest BCUT2D eigenvalue weighted by Gasteiger charge is -2.12. The van der Waals surface area contributed by atoms with Gasteiger partial charge in [0.05, 0.1) is 6.10 Å². The minimum absolute atomic E-state index is 0.426. The molecule has 0 saturated heterocycles. The van der Waals surface area contributed by atoms with Gasteiger partial charge in [-0.25, -0.2) is 0 Å². The predicted molar refractivity (Wildman–Crippen MR) is 67.5 cm³/mol. The Balaban J connectivity index is 2.25. The highest BCUT2D eigenvalue weighted by Gasteiger charge is 2.06. The van der Waals surface area contributed by atoms with Gasteiger partial charge in [-0.1, -0.05) is 43.3 Å². The van der Waals surface area contributed by atoms with Crippen LogP contribution in [0.25, 0.3) is 10.8 Å². The average molecular weight is 215 g/mol. The molecule has 0 spiro atoms. The van der Waals surface area contributed by atoms with E-state index >= 15 is 0 Å². The number of benzene rings is 2. The van der Waals surface area contributed by atoms with E-state index in [1.54, 1.807) is 0 Å². The molecule has 16 heavy (non-hydrogen) atoms. The molecule has 0 heterocycles. The second-order valence-electron chi connectivity index (χ2n) is 3.93. The highest BCUT2D eigenvalue weighted by Crippen LogP contribution is 2.19. The highest BCUT2D eigenvalue weighted by atomic mass is 16.3. The summed E-state index contributed by atoms with van der Waals surface area (Å²) in [4.78, 5) is 0. The first kappa shape index (κ1) is 11.1. The van der Waals surface area contributed by atoms with E-state index in [0.717, 1.165) is 12.1 Å². The van der Waals surface area contributed by atoms with Crippen LogP contribution in [0.4, 0.5) is 0 Å². The van der Waals surface area contributed by atoms with E-state index in [0.29, 0.717) is 6.54 Å². The van der Waals surface area contributed by atoms with Crippen molar-refractivity contribution in [2.75, 3.05) is 13.1 Å². The number of nitrogens with one attached hydrogen (secondary N) is 1. The van der Waals surface area contributed by atoms with Gasteiger partial charge in [0, 0.05) is 6.54 Å². The van der Waals surface area contributed by atoms with Crippen molar-refractivity contribution in [3.8, 4) is 0 Å². The van der Waals surface area contributed by atoms with Gasteiger partial charge in [-0.15, -0.1) is 0 Å². The summed E-state index contributed by atoms with van der Waals surface area (Å²) in [6.07, 6.45) is -0.426. The summed E-state index contributed by atoms with van der Waals surface area (Å²) in [6.45, 7) is 3.52. The molecular weight excluding hydrogens is 198 g/mol. The summed E-state index contributed by atoms with van der Waals surface area (Å²) in [5.74, 6) is 0. The molecule has 84 valence electrons. The van der Waals surface area contributed by atoms with Gasteiger partial charge in [0.2, 0.25) is 0 Å². The summed E-state index contributed by atoms with van der Waals surface area (Å²) in [7, 11) is 0. The largest absolute Gasteiger partial charge is 0.387 e. The molecule has 2 nitrogen and oxygen atoms in total. The maximum atomic E-state index is 9.95. The van der Waals surface area contributed by atoms with E-state index < -0.39 is 6.10 Å². The Labute approximate surface area is 95.9 Å². The topological polar surface area (TPSA) is 32.3 Å². The molecule has 0 radical (unpaired) electrons. The van der Waals surface area contributed by atoms with Crippen LogP contribution in [0, 0.1) is 0 Å². The molecule has 0 aliphatic heterocycles. The van der Waals surface area contributed by atoms with Crippen LogP contribution in [0.5, 0.6) is 0 Å². The molecule has 0 aliphatic rings. The summed E-state index contributed by atoms with van der Waals surface area (Å²) < 4.78 is 0. The van der Waals surface area contributed by atoms with Crippen molar-refractivity contribution in [1.82, 2.24) is 5.32 Å². The maximum absolute atomic E-state index is 9.95. The number of likely N-dealkylation sites (N-methyl/N-ethyl adjacent to an activating group) is 1. The number of aliphatic hydroxyl groups excluding tert-OH is 1. The third-order valence-electron chi connectivity index (χ3n) is 2.75. The molecule has 2 heteroatoms. The van der Waals surface area contributed by atoms with E-state index in [-0.39, 0.29) is 0 Å². The Morgan fingerprint density at radius 1 is 1.12 bits per heavy atom. The Bertz CT molecular complexity index is 467. The number of fused-ring (bicyclic) bond motifs is 1. The zero-order chi connectivity index (χ0) is 11.4. The number of aliphatic hydroxyl groups is 1. The van der Waals surface area contributed by atoms with E-state index in [4.69, 9.17) is 0 Å². The van der Waals surface area contributed by atoms with E-state index in [1.165, 1.54) is 10.8 Å². The van der Waals surface area contributed by atoms with Gasteiger partial charge < -0.3 is 10.4 Å². The molecule has 0 fully saturated rings. The maximum Gasteiger partial charge on any atom is 0.0914 e. The molecule has 0 aromatic heterocycles. The molecule has 0 saturated carbocycles. The quantitative estimate of drug-likeness (QED) is 0.821. The van der Waals surface area contributed by atoms with Crippen LogP contribution < -0.4 is 5.32 Å². The zero-order valence-corrected chi connectivity index (χ0v) is 9.48. The van der Waals surface area contributed by atoms with E-state index in [9.17, 15) is 5.11 Å². The molecule has 0 unspecified atom stereocenters. The first-order chi connectivity index (χ1) is 7.81. The van der Waals surface area contributed by atoms with Crippen LogP contribution in [0.2, 0.25) is 0 Å². The smallest absolute Gasteiger partial charge is 0.0914 e. The fourth-order valence-corrected chi connectivity index (χ4v) is 1.81. The predicted octanol–water partition coefficient (Wildman–Crippen LogP) is 2.48. The van der Waals surface area contributed by atoms with Crippen molar-refractivity contribution in [3.05, 3.63) is 48.0 Å². The molecule has 2 aromatic rings. The summed E-state index contributed by atoms with van der Waals surface area (Å²) >= 11 is 0. The van der Waals surface area contributed by atoms with Crippen molar-refractivity contribution in [2.24, 2.45) is 0 Å². The average Bonchev–Trinajstić information content (AvgIpc) is 2.35. The van der Waals surface area contributed by atoms with Crippen molar-refractivity contribution >= 4 is 10.8 Å². The molecule has 2 aromatic carbocycles. The molecule has 0 bridgehead atoms. The molecule has 0 amide bonds. The Hall–Kier alpha value is -1.38. The van der Waals surface area contributed by atoms with Crippen molar-refractivity contribution < 1.29 is 5.11 Å². The second kappa shape index (κ2) is 5.10. The molecular formula is C14H17NO. The molecule has 1 atom stereocenters. The Morgan fingerprint density at radius 3 is 2.62 bits per heavy atom. The van der Waals surface area contributed by atoms with Crippen LogP contribution in [-0.4, -0.2) is 18.2 Å². The third-order valence-corrected chi connectivity index (χ3v) is 2.75.